The van der Waals surface area contributed by atoms with Crippen molar-refractivity contribution in [2.24, 2.45) is 5.73 Å². The molecule has 2 amide bonds. The van der Waals surface area contributed by atoms with Crippen LogP contribution < -0.4 is 25.4 Å². The summed E-state index contributed by atoms with van der Waals surface area (Å²) < 4.78 is 10.6. The summed E-state index contributed by atoms with van der Waals surface area (Å²) in [4.78, 5) is 26.6. The Balaban J connectivity index is 1.65. The van der Waals surface area contributed by atoms with Crippen molar-refractivity contribution >= 4 is 28.2 Å². The number of carbonyl (C=O) groups excluding carboxylic acids is 2. The molecule has 0 saturated carbocycles. The van der Waals surface area contributed by atoms with Crippen molar-refractivity contribution in [3.8, 4) is 11.5 Å². The van der Waals surface area contributed by atoms with E-state index >= 15 is 0 Å². The van der Waals surface area contributed by atoms with Crippen molar-refractivity contribution in [1.29, 1.82) is 0 Å². The predicted molar refractivity (Wildman–Crippen MR) is 108 cm³/mol. The number of benzene rings is 1. The molecule has 2 aromatic rings. The van der Waals surface area contributed by atoms with Crippen molar-refractivity contribution in [3.05, 3.63) is 39.8 Å². The van der Waals surface area contributed by atoms with Crippen molar-refractivity contribution in [2.45, 2.75) is 25.8 Å². The Morgan fingerprint density at radius 1 is 1.25 bits per heavy atom. The minimum Gasteiger partial charge on any atom is -0.497 e. The third-order valence-corrected chi connectivity index (χ3v) is 6.08. The van der Waals surface area contributed by atoms with Crippen LogP contribution in [-0.2, 0) is 24.2 Å². The first-order valence-electron chi connectivity index (χ1n) is 9.19. The molecule has 1 aromatic heterocycles. The monoisotopic (exact) mass is 404 g/mol. The average Bonchev–Trinajstić information content (AvgIpc) is 3.21. The molecule has 1 aromatic carbocycles. The predicted octanol–water partition coefficient (Wildman–Crippen LogP) is 1.01. The molecule has 0 bridgehead atoms. The molecular weight excluding hydrogens is 378 g/mol. The number of fused-ring (bicyclic) bond motifs is 1. The molecule has 1 aliphatic rings. The SMILES string of the molecule is COc1ccc(C[NH+](C)CC(=O)Nc2sc3c(c2C(N)=O)CCC3)c(OC)c1. The number of quaternary nitrogens is 1. The summed E-state index contributed by atoms with van der Waals surface area (Å²) in [5.41, 5.74) is 8.04. The lowest BCUT2D eigenvalue weighted by Gasteiger charge is -2.16. The molecule has 28 heavy (non-hydrogen) atoms. The minimum atomic E-state index is -0.474. The fourth-order valence-corrected chi connectivity index (χ4v) is 4.89. The number of nitrogens with two attached hydrogens (primary N) is 1. The molecule has 150 valence electrons. The van der Waals surface area contributed by atoms with Crippen LogP contribution in [0.1, 0.15) is 32.8 Å². The van der Waals surface area contributed by atoms with E-state index in [0.29, 0.717) is 17.1 Å². The lowest BCUT2D eigenvalue weighted by molar-refractivity contribution is -0.885. The van der Waals surface area contributed by atoms with Crippen LogP contribution in [0.3, 0.4) is 0 Å². The second-order valence-corrected chi connectivity index (χ2v) is 8.07. The van der Waals surface area contributed by atoms with E-state index in [4.69, 9.17) is 15.2 Å². The van der Waals surface area contributed by atoms with Crippen LogP contribution >= 0.6 is 11.3 Å². The molecule has 0 saturated heterocycles. The molecule has 3 rings (SSSR count). The third kappa shape index (κ3) is 4.28. The summed E-state index contributed by atoms with van der Waals surface area (Å²) in [7, 11) is 5.16. The zero-order valence-corrected chi connectivity index (χ0v) is 17.2. The molecule has 7 nitrogen and oxygen atoms in total. The number of methoxy groups -OCH3 is 2. The van der Waals surface area contributed by atoms with Gasteiger partial charge in [-0.05, 0) is 37.0 Å². The number of nitrogens with one attached hydrogen (secondary N) is 2. The van der Waals surface area contributed by atoms with Gasteiger partial charge < -0.3 is 25.4 Å². The van der Waals surface area contributed by atoms with E-state index in [2.05, 4.69) is 5.32 Å². The van der Waals surface area contributed by atoms with Gasteiger partial charge in [0.25, 0.3) is 11.8 Å². The van der Waals surface area contributed by atoms with Crippen LogP contribution in [0.15, 0.2) is 18.2 Å². The largest absolute Gasteiger partial charge is 0.497 e. The Morgan fingerprint density at radius 2 is 2.04 bits per heavy atom. The third-order valence-electron chi connectivity index (χ3n) is 4.87. The maximum Gasteiger partial charge on any atom is 0.280 e. The number of primary amides is 1. The van der Waals surface area contributed by atoms with Gasteiger partial charge in [0.05, 0.1) is 26.8 Å². The highest BCUT2D eigenvalue weighted by atomic mass is 32.1. The average molecular weight is 405 g/mol. The van der Waals surface area contributed by atoms with Crippen LogP contribution in [0.25, 0.3) is 0 Å². The van der Waals surface area contributed by atoms with Crippen LogP contribution in [-0.4, -0.2) is 39.6 Å². The first-order chi connectivity index (χ1) is 13.4. The molecule has 1 atom stereocenters. The number of amides is 2. The summed E-state index contributed by atoms with van der Waals surface area (Å²) in [6, 6.07) is 5.64. The van der Waals surface area contributed by atoms with Crippen molar-refractivity contribution in [3.63, 3.8) is 0 Å². The summed E-state index contributed by atoms with van der Waals surface area (Å²) in [6.07, 6.45) is 2.83. The fourth-order valence-electron chi connectivity index (χ4n) is 3.58. The van der Waals surface area contributed by atoms with Crippen LogP contribution in [0.5, 0.6) is 11.5 Å². The number of ether oxygens (including phenoxy) is 2. The zero-order valence-electron chi connectivity index (χ0n) is 16.4. The Bertz CT molecular complexity index is 894. The highest BCUT2D eigenvalue weighted by molar-refractivity contribution is 7.17. The smallest absolute Gasteiger partial charge is 0.280 e. The molecule has 1 unspecified atom stereocenters. The molecule has 4 N–H and O–H groups in total. The maximum atomic E-state index is 12.5. The summed E-state index contributed by atoms with van der Waals surface area (Å²) in [6.45, 7) is 0.875. The number of rotatable bonds is 8. The van der Waals surface area contributed by atoms with Gasteiger partial charge in [0, 0.05) is 16.5 Å². The van der Waals surface area contributed by atoms with E-state index in [0.717, 1.165) is 51.7 Å². The van der Waals surface area contributed by atoms with Crippen molar-refractivity contribution in [1.82, 2.24) is 0 Å². The van der Waals surface area contributed by atoms with Gasteiger partial charge in [0.15, 0.2) is 6.54 Å². The summed E-state index contributed by atoms with van der Waals surface area (Å²) in [5, 5.41) is 3.47. The van der Waals surface area contributed by atoms with Crippen molar-refractivity contribution < 1.29 is 24.0 Å². The van der Waals surface area contributed by atoms with Gasteiger partial charge >= 0.3 is 0 Å². The first kappa shape index (κ1) is 20.2. The van der Waals surface area contributed by atoms with Crippen LogP contribution in [0, 0.1) is 0 Å². The Kier molecular flexibility index (Phi) is 6.21. The van der Waals surface area contributed by atoms with E-state index in [1.54, 1.807) is 14.2 Å². The highest BCUT2D eigenvalue weighted by Crippen LogP contribution is 2.38. The van der Waals surface area contributed by atoms with E-state index in [-0.39, 0.29) is 12.5 Å². The Labute approximate surface area is 168 Å². The Hall–Kier alpha value is -2.58. The fraction of sp³-hybridized carbons (Fsp3) is 0.400. The number of thiophene rings is 1. The number of aryl methyl sites for hydroxylation is 1. The molecule has 1 heterocycles. The maximum absolute atomic E-state index is 12.5. The topological polar surface area (TPSA) is 95.1 Å². The highest BCUT2D eigenvalue weighted by Gasteiger charge is 2.26. The van der Waals surface area contributed by atoms with Crippen LogP contribution in [0.2, 0.25) is 0 Å². The molecule has 8 heteroatoms. The van der Waals surface area contributed by atoms with E-state index < -0.39 is 5.91 Å². The van der Waals surface area contributed by atoms with E-state index in [1.165, 1.54) is 11.3 Å². The van der Waals surface area contributed by atoms with Crippen molar-refractivity contribution in [2.75, 3.05) is 33.1 Å². The molecule has 0 spiro atoms. The number of likely N-dealkylation sites (N-methyl/N-ethyl adjacent to an activating group) is 1. The van der Waals surface area contributed by atoms with Crippen LogP contribution in [0.4, 0.5) is 5.00 Å². The van der Waals surface area contributed by atoms with E-state index in [1.807, 2.05) is 25.2 Å². The quantitative estimate of drug-likeness (QED) is 0.612. The number of carbonyl (C=O) groups is 2. The zero-order chi connectivity index (χ0) is 20.3. The lowest BCUT2D eigenvalue weighted by atomic mass is 10.1. The second kappa shape index (κ2) is 8.62. The normalized spacial score (nSPS) is 13.7. The van der Waals surface area contributed by atoms with Gasteiger partial charge in [-0.1, -0.05) is 0 Å². The minimum absolute atomic E-state index is 0.146. The van der Waals surface area contributed by atoms with Gasteiger partial charge in [-0.15, -0.1) is 11.3 Å². The van der Waals surface area contributed by atoms with Gasteiger partial charge in [-0.2, -0.15) is 0 Å². The van der Waals surface area contributed by atoms with Gasteiger partial charge in [0.1, 0.15) is 23.0 Å². The molecular formula is C20H26N3O4S+. The molecule has 0 fully saturated rings. The van der Waals surface area contributed by atoms with Gasteiger partial charge in [-0.25, -0.2) is 0 Å². The molecule has 1 aliphatic carbocycles. The second-order valence-electron chi connectivity index (χ2n) is 6.96. The van der Waals surface area contributed by atoms with Gasteiger partial charge in [0.2, 0.25) is 0 Å². The standard InChI is InChI=1S/C20H25N3O4S/c1-23(10-12-7-8-13(26-2)9-15(12)27-3)11-17(24)22-20-18(19(21)25)14-5-4-6-16(14)28-20/h7-9H,4-6,10-11H2,1-3H3,(H2,21,25)(H,22,24)/p+1. The first-order valence-corrected chi connectivity index (χ1v) is 10.0. The summed E-state index contributed by atoms with van der Waals surface area (Å²) in [5.74, 6) is 0.830. The number of hydrogen-bond donors (Lipinski definition) is 3. The number of anilines is 1. The van der Waals surface area contributed by atoms with Gasteiger partial charge in [-0.3, -0.25) is 9.59 Å². The van der Waals surface area contributed by atoms with E-state index in [9.17, 15) is 9.59 Å². The molecule has 0 aliphatic heterocycles. The number of hydrogen-bond acceptors (Lipinski definition) is 5. The molecule has 0 radical (unpaired) electrons. The Morgan fingerprint density at radius 3 is 2.71 bits per heavy atom. The lowest BCUT2D eigenvalue weighted by Crippen LogP contribution is -3.08. The summed E-state index contributed by atoms with van der Waals surface area (Å²) >= 11 is 1.47.